The molecule has 0 saturated carbocycles. The van der Waals surface area contributed by atoms with Gasteiger partial charge in [-0.15, -0.1) is 0 Å². The molecule has 1 saturated heterocycles. The highest BCUT2D eigenvalue weighted by Gasteiger charge is 2.53. The Morgan fingerprint density at radius 2 is 1.85 bits per heavy atom. The number of benzene rings is 1. The first-order valence-corrected chi connectivity index (χ1v) is 8.73. The van der Waals surface area contributed by atoms with Crippen LogP contribution in [0.4, 0.5) is 14.9 Å². The number of carbonyl (C=O) groups excluding carboxylic acids is 2. The van der Waals surface area contributed by atoms with Gasteiger partial charge in [0, 0.05) is 37.8 Å². The first-order valence-electron chi connectivity index (χ1n) is 8.73. The molecule has 1 aromatic rings. The zero-order chi connectivity index (χ0) is 19.3. The van der Waals surface area contributed by atoms with E-state index in [0.29, 0.717) is 42.9 Å². The van der Waals surface area contributed by atoms with Crippen LogP contribution >= 0.6 is 0 Å². The maximum Gasteiger partial charge on any atom is 0.410 e. The fourth-order valence-electron chi connectivity index (χ4n) is 3.82. The highest BCUT2D eigenvalue weighted by molar-refractivity contribution is 6.08. The van der Waals surface area contributed by atoms with Gasteiger partial charge in [-0.3, -0.25) is 4.79 Å². The third-order valence-electron chi connectivity index (χ3n) is 5.10. The van der Waals surface area contributed by atoms with Gasteiger partial charge >= 0.3 is 6.09 Å². The molecule has 3 rings (SSSR count). The van der Waals surface area contributed by atoms with Crippen molar-refractivity contribution in [2.24, 2.45) is 0 Å². The minimum absolute atomic E-state index is 0.136. The number of halogens is 1. The third kappa shape index (κ3) is 2.89. The molecule has 26 heavy (non-hydrogen) atoms. The summed E-state index contributed by atoms with van der Waals surface area (Å²) in [5.74, 6) is -0.199. The van der Waals surface area contributed by atoms with Gasteiger partial charge in [-0.25, -0.2) is 9.18 Å². The molecule has 0 atom stereocenters. The van der Waals surface area contributed by atoms with E-state index in [-0.39, 0.29) is 5.91 Å². The number of methoxy groups -OCH3 is 1. The number of anilines is 1. The number of likely N-dealkylation sites (N-methyl/N-ethyl adjacent to an activating group) is 1. The average Bonchev–Trinajstić information content (AvgIpc) is 2.76. The van der Waals surface area contributed by atoms with Crippen molar-refractivity contribution < 1.29 is 23.5 Å². The van der Waals surface area contributed by atoms with Crippen molar-refractivity contribution in [3.63, 3.8) is 0 Å². The highest BCUT2D eigenvalue weighted by Crippen LogP contribution is 2.49. The van der Waals surface area contributed by atoms with Crippen LogP contribution < -0.4 is 9.64 Å². The van der Waals surface area contributed by atoms with Crippen LogP contribution in [0.3, 0.4) is 0 Å². The highest BCUT2D eigenvalue weighted by atomic mass is 19.1. The Hall–Kier alpha value is -2.31. The van der Waals surface area contributed by atoms with Gasteiger partial charge in [-0.2, -0.15) is 0 Å². The second kappa shape index (κ2) is 6.14. The molecule has 142 valence electrons. The lowest BCUT2D eigenvalue weighted by Gasteiger charge is -2.38. The molecule has 0 bridgehead atoms. The molecule has 1 aromatic carbocycles. The van der Waals surface area contributed by atoms with Crippen molar-refractivity contribution in [3.05, 3.63) is 23.5 Å². The maximum atomic E-state index is 14.8. The Morgan fingerprint density at radius 3 is 2.38 bits per heavy atom. The van der Waals surface area contributed by atoms with Gasteiger partial charge in [-0.05, 0) is 33.6 Å². The molecule has 2 heterocycles. The van der Waals surface area contributed by atoms with E-state index in [9.17, 15) is 14.0 Å². The lowest BCUT2D eigenvalue weighted by atomic mass is 9.73. The van der Waals surface area contributed by atoms with Crippen LogP contribution in [0.5, 0.6) is 5.75 Å². The number of carbonyl (C=O) groups is 2. The van der Waals surface area contributed by atoms with Crippen molar-refractivity contribution in [1.29, 1.82) is 0 Å². The van der Waals surface area contributed by atoms with Crippen molar-refractivity contribution >= 4 is 17.7 Å². The number of likely N-dealkylation sites (tertiary alicyclic amines) is 1. The van der Waals surface area contributed by atoms with Gasteiger partial charge in [0.15, 0.2) is 0 Å². The van der Waals surface area contributed by atoms with E-state index >= 15 is 0 Å². The van der Waals surface area contributed by atoms with Crippen LogP contribution in [0.25, 0.3) is 0 Å². The molecule has 7 heteroatoms. The summed E-state index contributed by atoms with van der Waals surface area (Å²) >= 11 is 0. The van der Waals surface area contributed by atoms with E-state index in [1.807, 2.05) is 20.8 Å². The summed E-state index contributed by atoms with van der Waals surface area (Å²) < 4.78 is 25.4. The van der Waals surface area contributed by atoms with Crippen molar-refractivity contribution in [2.75, 3.05) is 32.1 Å². The molecule has 0 aromatic heterocycles. The van der Waals surface area contributed by atoms with E-state index in [2.05, 4.69) is 0 Å². The molecule has 6 nitrogen and oxygen atoms in total. The van der Waals surface area contributed by atoms with Crippen LogP contribution in [0.2, 0.25) is 0 Å². The predicted molar refractivity (Wildman–Crippen MR) is 95.1 cm³/mol. The first kappa shape index (κ1) is 18.5. The molecule has 2 amide bonds. The summed E-state index contributed by atoms with van der Waals surface area (Å²) in [6.45, 7) is 6.12. The summed E-state index contributed by atoms with van der Waals surface area (Å²) in [7, 11) is 3.11. The van der Waals surface area contributed by atoms with Crippen LogP contribution in [0.15, 0.2) is 12.1 Å². The second-order valence-electron chi connectivity index (χ2n) is 7.92. The third-order valence-corrected chi connectivity index (χ3v) is 5.10. The van der Waals surface area contributed by atoms with E-state index in [1.54, 1.807) is 18.0 Å². The number of nitrogens with zero attached hydrogens (tertiary/aromatic N) is 2. The minimum Gasteiger partial charge on any atom is -0.497 e. The second-order valence-corrected chi connectivity index (χ2v) is 7.92. The van der Waals surface area contributed by atoms with Crippen molar-refractivity contribution in [3.8, 4) is 5.75 Å². The van der Waals surface area contributed by atoms with Gasteiger partial charge in [0.05, 0.1) is 18.2 Å². The quantitative estimate of drug-likeness (QED) is 0.768. The standard InChI is InChI=1S/C19H25FN2O4/c1-18(2,3)26-17(24)22-8-6-19(7-9-22)15-13(20)10-12(25-5)11-14(15)21(4)16(19)23/h10-11H,6-9H2,1-5H3. The number of fused-ring (bicyclic) bond motifs is 2. The number of piperidine rings is 1. The van der Waals surface area contributed by atoms with Gasteiger partial charge in [0.1, 0.15) is 17.2 Å². The minimum atomic E-state index is -0.932. The van der Waals surface area contributed by atoms with E-state index in [4.69, 9.17) is 9.47 Å². The number of rotatable bonds is 1. The van der Waals surface area contributed by atoms with Crippen molar-refractivity contribution in [2.45, 2.75) is 44.6 Å². The van der Waals surface area contributed by atoms with E-state index in [0.717, 1.165) is 0 Å². The average molecular weight is 364 g/mol. The van der Waals surface area contributed by atoms with Gasteiger partial charge in [0.25, 0.3) is 0 Å². The number of amides is 2. The number of ether oxygens (including phenoxy) is 2. The molecular formula is C19H25FN2O4. The summed E-state index contributed by atoms with van der Waals surface area (Å²) in [5, 5.41) is 0. The zero-order valence-corrected chi connectivity index (χ0v) is 15.9. The van der Waals surface area contributed by atoms with Crippen LogP contribution in [0.1, 0.15) is 39.2 Å². The Morgan fingerprint density at radius 1 is 1.23 bits per heavy atom. The number of hydrogen-bond acceptors (Lipinski definition) is 4. The normalized spacial score (nSPS) is 18.9. The van der Waals surface area contributed by atoms with Gasteiger partial charge in [0.2, 0.25) is 5.91 Å². The fourth-order valence-corrected chi connectivity index (χ4v) is 3.82. The molecule has 0 N–H and O–H groups in total. The van der Waals surface area contributed by atoms with E-state index in [1.165, 1.54) is 18.1 Å². The largest absolute Gasteiger partial charge is 0.497 e. The topological polar surface area (TPSA) is 59.1 Å². The molecule has 1 spiro atoms. The van der Waals surface area contributed by atoms with Crippen LogP contribution in [0, 0.1) is 5.82 Å². The fraction of sp³-hybridized carbons (Fsp3) is 0.579. The maximum absolute atomic E-state index is 14.8. The summed E-state index contributed by atoms with van der Waals surface area (Å²) in [6, 6.07) is 3.00. The predicted octanol–water partition coefficient (Wildman–Crippen LogP) is 3.08. The lowest BCUT2D eigenvalue weighted by Crippen LogP contribution is -2.50. The molecule has 0 aliphatic carbocycles. The Bertz CT molecular complexity index is 749. The number of hydrogen-bond donors (Lipinski definition) is 0. The Kier molecular flexibility index (Phi) is 4.37. The molecule has 0 radical (unpaired) electrons. The molecule has 2 aliphatic heterocycles. The smallest absolute Gasteiger partial charge is 0.410 e. The van der Waals surface area contributed by atoms with Gasteiger partial charge < -0.3 is 19.3 Å². The molecular weight excluding hydrogens is 339 g/mol. The zero-order valence-electron chi connectivity index (χ0n) is 15.9. The Labute approximate surface area is 152 Å². The first-order chi connectivity index (χ1) is 12.1. The lowest BCUT2D eigenvalue weighted by molar-refractivity contribution is -0.124. The summed E-state index contributed by atoms with van der Waals surface area (Å²) in [5.41, 5.74) is -0.559. The monoisotopic (exact) mass is 364 g/mol. The summed E-state index contributed by atoms with van der Waals surface area (Å²) in [4.78, 5) is 28.3. The molecule has 1 fully saturated rings. The van der Waals surface area contributed by atoms with Gasteiger partial charge in [-0.1, -0.05) is 0 Å². The van der Waals surface area contributed by atoms with E-state index < -0.39 is 22.9 Å². The molecule has 2 aliphatic rings. The van der Waals surface area contributed by atoms with Crippen molar-refractivity contribution in [1.82, 2.24) is 4.90 Å². The summed E-state index contributed by atoms with van der Waals surface area (Å²) in [6.07, 6.45) is 0.332. The Balaban J connectivity index is 1.88. The SMILES string of the molecule is COc1cc(F)c2c(c1)N(C)C(=O)C21CCN(C(=O)OC(C)(C)C)CC1. The van der Waals surface area contributed by atoms with Crippen LogP contribution in [-0.4, -0.2) is 49.7 Å². The molecule has 0 unspecified atom stereocenters. The van der Waals surface area contributed by atoms with Crippen LogP contribution in [-0.2, 0) is 14.9 Å².